The van der Waals surface area contributed by atoms with E-state index in [9.17, 15) is 0 Å². The summed E-state index contributed by atoms with van der Waals surface area (Å²) < 4.78 is 17.8. The zero-order valence-electron chi connectivity index (χ0n) is 15.0. The van der Waals surface area contributed by atoms with Crippen LogP contribution in [0.25, 0.3) is 11.3 Å². The number of anilines is 1. The first-order chi connectivity index (χ1) is 13.3. The number of hydrogen-bond acceptors (Lipinski definition) is 5. The molecule has 0 radical (unpaired) electrons. The first-order valence-electron chi connectivity index (χ1n) is 9.18. The highest BCUT2D eigenvalue weighted by atomic mass is 16.6. The molecule has 3 aliphatic rings. The molecule has 6 rings (SSSR count). The van der Waals surface area contributed by atoms with Gasteiger partial charge in [-0.2, -0.15) is 5.10 Å². The summed E-state index contributed by atoms with van der Waals surface area (Å²) in [6.45, 7) is 2.62. The Morgan fingerprint density at radius 1 is 1.04 bits per heavy atom. The minimum Gasteiger partial charge on any atom is -0.492 e. The summed E-state index contributed by atoms with van der Waals surface area (Å²) in [4.78, 5) is 2.31. The van der Waals surface area contributed by atoms with Gasteiger partial charge in [0.2, 0.25) is 0 Å². The van der Waals surface area contributed by atoms with Crippen LogP contribution in [0.15, 0.2) is 42.6 Å². The van der Waals surface area contributed by atoms with Gasteiger partial charge < -0.3 is 19.1 Å². The molecule has 1 N–H and O–H groups in total. The second-order valence-electron chi connectivity index (χ2n) is 7.39. The Kier molecular flexibility index (Phi) is 2.88. The quantitative estimate of drug-likeness (QED) is 0.722. The van der Waals surface area contributed by atoms with Crippen molar-refractivity contribution in [3.63, 3.8) is 0 Å². The van der Waals surface area contributed by atoms with Crippen LogP contribution in [0.3, 0.4) is 0 Å². The van der Waals surface area contributed by atoms with Crippen molar-refractivity contribution in [2.45, 2.75) is 5.41 Å². The number of H-pyrrole nitrogens is 1. The summed E-state index contributed by atoms with van der Waals surface area (Å²) in [7, 11) is 2.14. The molecule has 0 amide bonds. The molecule has 3 aromatic rings. The first kappa shape index (κ1) is 15.0. The number of nitrogens with one attached hydrogen (secondary N) is 1. The maximum Gasteiger partial charge on any atom is 0.165 e. The number of rotatable bonds is 1. The smallest absolute Gasteiger partial charge is 0.165 e. The van der Waals surface area contributed by atoms with Crippen LogP contribution in [0.1, 0.15) is 11.1 Å². The maximum absolute atomic E-state index is 6.19. The highest BCUT2D eigenvalue weighted by molar-refractivity contribution is 5.81. The van der Waals surface area contributed by atoms with Crippen LogP contribution >= 0.6 is 0 Å². The van der Waals surface area contributed by atoms with Crippen molar-refractivity contribution >= 4 is 5.69 Å². The van der Waals surface area contributed by atoms with Crippen LogP contribution in [-0.2, 0) is 5.41 Å². The Morgan fingerprint density at radius 2 is 1.89 bits per heavy atom. The van der Waals surface area contributed by atoms with E-state index in [1.807, 2.05) is 12.1 Å². The van der Waals surface area contributed by atoms with Gasteiger partial charge in [-0.25, -0.2) is 0 Å². The normalized spacial score (nSPS) is 21.9. The van der Waals surface area contributed by atoms with Crippen molar-refractivity contribution in [2.24, 2.45) is 0 Å². The van der Waals surface area contributed by atoms with E-state index in [1.165, 1.54) is 22.4 Å². The van der Waals surface area contributed by atoms with Crippen LogP contribution < -0.4 is 19.1 Å². The second kappa shape index (κ2) is 5.19. The number of hydrogen-bond donors (Lipinski definition) is 1. The summed E-state index contributed by atoms with van der Waals surface area (Å²) in [6.07, 6.45) is 1.79. The lowest BCUT2D eigenvalue weighted by Crippen LogP contribution is -2.35. The molecule has 136 valence electrons. The summed E-state index contributed by atoms with van der Waals surface area (Å²) in [5.74, 6) is 2.46. The molecule has 0 fully saturated rings. The molecule has 0 bridgehead atoms. The lowest BCUT2D eigenvalue weighted by Gasteiger charge is -2.26. The van der Waals surface area contributed by atoms with Gasteiger partial charge >= 0.3 is 0 Å². The minimum absolute atomic E-state index is 0.239. The number of nitrogens with zero attached hydrogens (tertiary/aromatic N) is 2. The summed E-state index contributed by atoms with van der Waals surface area (Å²) in [5, 5.41) is 7.28. The van der Waals surface area contributed by atoms with E-state index >= 15 is 0 Å². The number of ether oxygens (including phenoxy) is 3. The Bertz CT molecular complexity index is 1050. The Hall–Kier alpha value is -3.15. The van der Waals surface area contributed by atoms with Gasteiger partial charge in [0, 0.05) is 48.2 Å². The SMILES string of the molecule is CN1CC2(COc3cc4c(cc32)OCCO4)c2c(-c3ccn[nH]3)cccc21. The van der Waals surface area contributed by atoms with Crippen molar-refractivity contribution in [1.82, 2.24) is 10.2 Å². The third-order valence-electron chi connectivity index (χ3n) is 5.86. The molecule has 6 heteroatoms. The fraction of sp³-hybridized carbons (Fsp3) is 0.286. The Labute approximate surface area is 156 Å². The molecule has 4 heterocycles. The van der Waals surface area contributed by atoms with Gasteiger partial charge in [0.1, 0.15) is 25.6 Å². The predicted octanol–water partition coefficient (Wildman–Crippen LogP) is 2.98. The molecule has 1 unspecified atom stereocenters. The standard InChI is InChI=1S/C21H19N3O3/c1-24-11-21(20-13(3-2-4-16(20)24)15-5-6-22-23-15)12-27-17-10-19-18(9-14(17)21)25-7-8-26-19/h2-6,9-10H,7-8,11-12H2,1H3,(H,22,23). The van der Waals surface area contributed by atoms with Crippen LogP contribution in [0.2, 0.25) is 0 Å². The molecule has 1 aromatic heterocycles. The van der Waals surface area contributed by atoms with Gasteiger partial charge in [-0.15, -0.1) is 0 Å². The third kappa shape index (κ3) is 1.92. The van der Waals surface area contributed by atoms with Gasteiger partial charge in [0.15, 0.2) is 11.5 Å². The van der Waals surface area contributed by atoms with Crippen molar-refractivity contribution in [2.75, 3.05) is 38.3 Å². The number of benzene rings is 2. The lowest BCUT2D eigenvalue weighted by atomic mass is 9.75. The molecular weight excluding hydrogens is 342 g/mol. The summed E-state index contributed by atoms with van der Waals surface area (Å²) >= 11 is 0. The average Bonchev–Trinajstić information content (AvgIpc) is 3.41. The Morgan fingerprint density at radius 3 is 2.70 bits per heavy atom. The highest BCUT2D eigenvalue weighted by Crippen LogP contribution is 2.55. The zero-order chi connectivity index (χ0) is 18.0. The van der Waals surface area contributed by atoms with Crippen LogP contribution in [0.5, 0.6) is 17.2 Å². The lowest BCUT2D eigenvalue weighted by molar-refractivity contribution is 0.171. The molecule has 0 aliphatic carbocycles. The maximum atomic E-state index is 6.19. The summed E-state index contributed by atoms with van der Waals surface area (Å²) in [5.41, 5.74) is 5.63. The van der Waals surface area contributed by atoms with Crippen LogP contribution in [-0.4, -0.2) is 43.6 Å². The molecule has 0 saturated carbocycles. The minimum atomic E-state index is -0.239. The molecular formula is C21H19N3O3. The number of likely N-dealkylation sites (N-methyl/N-ethyl adjacent to an activating group) is 1. The molecule has 27 heavy (non-hydrogen) atoms. The van der Waals surface area contributed by atoms with Crippen molar-refractivity contribution in [3.8, 4) is 28.5 Å². The first-order valence-corrected chi connectivity index (χ1v) is 9.18. The van der Waals surface area contributed by atoms with Crippen molar-refractivity contribution in [3.05, 3.63) is 53.7 Å². The zero-order valence-corrected chi connectivity index (χ0v) is 15.0. The molecule has 2 aromatic carbocycles. The number of aromatic amines is 1. The highest BCUT2D eigenvalue weighted by Gasteiger charge is 2.51. The van der Waals surface area contributed by atoms with Gasteiger partial charge in [0.25, 0.3) is 0 Å². The fourth-order valence-electron chi connectivity index (χ4n) is 4.74. The van der Waals surface area contributed by atoms with Crippen molar-refractivity contribution in [1.29, 1.82) is 0 Å². The fourth-order valence-corrected chi connectivity index (χ4v) is 4.74. The summed E-state index contributed by atoms with van der Waals surface area (Å²) in [6, 6.07) is 12.6. The van der Waals surface area contributed by atoms with Gasteiger partial charge in [0.05, 0.1) is 11.1 Å². The molecule has 1 spiro atoms. The van der Waals surface area contributed by atoms with E-state index in [-0.39, 0.29) is 5.41 Å². The van der Waals surface area contributed by atoms with E-state index in [0.29, 0.717) is 19.8 Å². The number of fused-ring (bicyclic) bond motifs is 5. The van der Waals surface area contributed by atoms with Crippen molar-refractivity contribution < 1.29 is 14.2 Å². The second-order valence-corrected chi connectivity index (χ2v) is 7.39. The van der Waals surface area contributed by atoms with Gasteiger partial charge in [-0.3, -0.25) is 5.10 Å². The topological polar surface area (TPSA) is 59.6 Å². The average molecular weight is 361 g/mol. The van der Waals surface area contributed by atoms with Crippen LogP contribution in [0, 0.1) is 0 Å². The molecule has 0 saturated heterocycles. The Balaban J connectivity index is 1.61. The van der Waals surface area contributed by atoms with E-state index in [2.05, 4.69) is 46.4 Å². The van der Waals surface area contributed by atoms with E-state index in [1.54, 1.807) is 6.20 Å². The molecule has 6 nitrogen and oxygen atoms in total. The van der Waals surface area contributed by atoms with E-state index < -0.39 is 0 Å². The molecule has 1 atom stereocenters. The largest absolute Gasteiger partial charge is 0.492 e. The van der Waals surface area contributed by atoms with Gasteiger partial charge in [-0.05, 0) is 18.2 Å². The third-order valence-corrected chi connectivity index (χ3v) is 5.86. The van der Waals surface area contributed by atoms with Crippen LogP contribution in [0.4, 0.5) is 5.69 Å². The number of aromatic nitrogens is 2. The van der Waals surface area contributed by atoms with Gasteiger partial charge in [-0.1, -0.05) is 12.1 Å². The monoisotopic (exact) mass is 361 g/mol. The van der Waals surface area contributed by atoms with E-state index in [4.69, 9.17) is 14.2 Å². The molecule has 3 aliphatic heterocycles. The van der Waals surface area contributed by atoms with E-state index in [0.717, 1.165) is 29.5 Å². The predicted molar refractivity (Wildman–Crippen MR) is 101 cm³/mol.